The third-order valence-corrected chi connectivity index (χ3v) is 6.48. The number of hydrogen-bond donors (Lipinski definition) is 0. The van der Waals surface area contributed by atoms with E-state index in [0.717, 1.165) is 23.2 Å². The van der Waals surface area contributed by atoms with Gasteiger partial charge in [-0.2, -0.15) is 4.98 Å². The van der Waals surface area contributed by atoms with Gasteiger partial charge in [-0.25, -0.2) is 4.98 Å². The molecule has 0 amide bonds. The van der Waals surface area contributed by atoms with Crippen molar-refractivity contribution in [3.05, 3.63) is 72.1 Å². The van der Waals surface area contributed by atoms with Crippen LogP contribution in [0.4, 0.5) is 30.9 Å². The Balaban J connectivity index is 1.57. The molecule has 0 unspecified atom stereocenters. The molecule has 3 heterocycles. The van der Waals surface area contributed by atoms with Crippen molar-refractivity contribution < 1.29 is 19.4 Å². The summed E-state index contributed by atoms with van der Waals surface area (Å²) in [5.74, 6) is 0.891. The van der Waals surface area contributed by atoms with E-state index in [9.17, 15) is 19.4 Å². The van der Waals surface area contributed by atoms with Crippen molar-refractivity contribution >= 4 is 50.0 Å². The van der Waals surface area contributed by atoms with Crippen LogP contribution in [0.5, 0.6) is 0 Å². The van der Waals surface area contributed by atoms with Gasteiger partial charge in [-0.05, 0) is 48.0 Å². The molecule has 0 atom stereocenters. The van der Waals surface area contributed by atoms with E-state index in [-0.39, 0.29) is 5.56 Å². The van der Waals surface area contributed by atoms with Gasteiger partial charge in [0.15, 0.2) is 5.03 Å². The van der Waals surface area contributed by atoms with Crippen molar-refractivity contribution in [1.29, 1.82) is 0 Å². The van der Waals surface area contributed by atoms with Gasteiger partial charge in [0, 0.05) is 34.9 Å². The van der Waals surface area contributed by atoms with E-state index < -0.39 is 15.3 Å². The highest BCUT2D eigenvalue weighted by atomic mass is 35.5. The van der Waals surface area contributed by atoms with Gasteiger partial charge >= 0.3 is 10.2 Å². The highest BCUT2D eigenvalue weighted by Crippen LogP contribution is 3.01. The summed E-state index contributed by atoms with van der Waals surface area (Å²) in [7, 11) is -8.08. The number of aromatic nitrogens is 5. The minimum Gasteiger partial charge on any atom is -0.329 e. The van der Waals surface area contributed by atoms with Crippen LogP contribution in [0.25, 0.3) is 27.8 Å². The Bertz CT molecular complexity index is 1570. The third-order valence-electron chi connectivity index (χ3n) is 5.21. The Morgan fingerprint density at radius 1 is 0.941 bits per heavy atom. The predicted molar refractivity (Wildman–Crippen MR) is 122 cm³/mol. The van der Waals surface area contributed by atoms with E-state index in [2.05, 4.69) is 20.2 Å². The molecule has 0 saturated heterocycles. The molecule has 0 aliphatic rings. The highest BCUT2D eigenvalue weighted by molar-refractivity contribution is 8.45. The molecule has 0 aliphatic heterocycles. The fourth-order valence-corrected chi connectivity index (χ4v) is 4.32. The lowest BCUT2D eigenvalue weighted by Gasteiger charge is -2.39. The maximum atomic E-state index is 13.0. The smallest absolute Gasteiger partial charge is 0.325 e. The minimum absolute atomic E-state index is 0.248. The van der Waals surface area contributed by atoms with Crippen molar-refractivity contribution in [2.45, 2.75) is 5.03 Å². The number of rotatable bonds is 4. The molecule has 5 aromatic rings. The van der Waals surface area contributed by atoms with Crippen LogP contribution in [0, 0.1) is 0 Å². The van der Waals surface area contributed by atoms with Gasteiger partial charge in [0.1, 0.15) is 12.1 Å². The monoisotopic (exact) mass is 512 g/mol. The van der Waals surface area contributed by atoms with Gasteiger partial charge in [-0.3, -0.25) is 4.40 Å². The Morgan fingerprint density at radius 3 is 2.44 bits per heavy atom. The molecule has 3 aromatic heterocycles. The molecular weight excluding hydrogens is 499 g/mol. The van der Waals surface area contributed by atoms with Crippen molar-refractivity contribution in [1.82, 2.24) is 24.6 Å². The summed E-state index contributed by atoms with van der Waals surface area (Å²) < 4.78 is 66.6. The maximum Gasteiger partial charge on any atom is 0.325 e. The lowest BCUT2D eigenvalue weighted by molar-refractivity contribution is 0.358. The molecule has 6 nitrogen and oxygen atoms in total. The number of pyridine rings is 1. The maximum absolute atomic E-state index is 13.0. The SMILES string of the molecule is CN(c1cccc(-c2ccc(S(F)(F)(F)(F)F)nc2)c1)c1nc2nncn2c2cc(Cl)ccc12. The first kappa shape index (κ1) is 22.3. The minimum atomic E-state index is -9.84. The number of halogens is 6. The van der Waals surface area contributed by atoms with Crippen LogP contribution in [0.15, 0.2) is 72.1 Å². The van der Waals surface area contributed by atoms with Gasteiger partial charge in [0.2, 0.25) is 0 Å². The van der Waals surface area contributed by atoms with E-state index in [4.69, 9.17) is 11.6 Å². The van der Waals surface area contributed by atoms with E-state index in [1.807, 2.05) is 6.07 Å². The second-order valence-electron chi connectivity index (χ2n) is 7.56. The highest BCUT2D eigenvalue weighted by Gasteiger charge is 2.67. The molecule has 0 bridgehead atoms. The summed E-state index contributed by atoms with van der Waals surface area (Å²) in [6, 6.07) is 13.3. The second kappa shape index (κ2) is 6.76. The first-order valence-electron chi connectivity index (χ1n) is 9.63. The molecule has 0 saturated carbocycles. The molecule has 0 fully saturated rings. The van der Waals surface area contributed by atoms with Crippen LogP contribution in [-0.4, -0.2) is 31.6 Å². The molecule has 0 aliphatic carbocycles. The first-order valence-corrected chi connectivity index (χ1v) is 12.0. The lowest BCUT2D eigenvalue weighted by Crippen LogP contribution is -2.13. The van der Waals surface area contributed by atoms with Gasteiger partial charge in [0.25, 0.3) is 5.78 Å². The number of nitrogens with zero attached hydrogens (tertiary/aromatic N) is 6. The van der Waals surface area contributed by atoms with E-state index >= 15 is 0 Å². The number of fused-ring (bicyclic) bond motifs is 3. The molecule has 2 aromatic carbocycles. The summed E-state index contributed by atoms with van der Waals surface area (Å²) in [5, 5.41) is 7.01. The largest absolute Gasteiger partial charge is 0.329 e. The zero-order chi connectivity index (χ0) is 24.4. The summed E-state index contributed by atoms with van der Waals surface area (Å²) in [4.78, 5) is 9.35. The Labute approximate surface area is 194 Å². The van der Waals surface area contributed by atoms with Crippen molar-refractivity contribution in [2.24, 2.45) is 0 Å². The molecule has 13 heteroatoms. The molecule has 0 N–H and O–H groups in total. The topological polar surface area (TPSA) is 59.2 Å². The van der Waals surface area contributed by atoms with Crippen LogP contribution < -0.4 is 4.90 Å². The van der Waals surface area contributed by atoms with Gasteiger partial charge in [-0.15, -0.1) is 10.2 Å². The molecule has 34 heavy (non-hydrogen) atoms. The Morgan fingerprint density at radius 2 is 1.74 bits per heavy atom. The quantitative estimate of drug-likeness (QED) is 0.234. The van der Waals surface area contributed by atoms with Gasteiger partial charge in [0.05, 0.1) is 5.52 Å². The summed E-state index contributed by atoms with van der Waals surface area (Å²) in [6.45, 7) is 0. The fraction of sp³-hybridized carbons (Fsp3) is 0.0476. The van der Waals surface area contributed by atoms with Crippen LogP contribution in [-0.2, 0) is 0 Å². The van der Waals surface area contributed by atoms with Crippen LogP contribution in [0.1, 0.15) is 0 Å². The number of hydrogen-bond acceptors (Lipinski definition) is 5. The predicted octanol–water partition coefficient (Wildman–Crippen LogP) is 7.42. The van der Waals surface area contributed by atoms with Crippen molar-refractivity contribution in [3.8, 4) is 11.1 Å². The molecule has 5 rings (SSSR count). The summed E-state index contributed by atoms with van der Waals surface area (Å²) in [6.07, 6.45) is 2.30. The van der Waals surface area contributed by atoms with Crippen LogP contribution >= 0.6 is 21.8 Å². The summed E-state index contributed by atoms with van der Waals surface area (Å²) >= 11 is 6.17. The first-order chi connectivity index (χ1) is 15.8. The number of benzene rings is 2. The second-order valence-corrected chi connectivity index (χ2v) is 10.4. The summed E-state index contributed by atoms with van der Waals surface area (Å²) in [5.41, 5.74) is 2.11. The standard InChI is InChI=1S/C21H14ClF5N6S/c1-32(20-17-7-6-15(22)10-18(17)33-12-29-31-21(33)30-20)16-4-2-3-13(9-16)14-5-8-19(28-11-14)34(23,24,25,26)27/h2-12H,1H3. The normalized spacial score (nSPS) is 14.2. The van der Waals surface area contributed by atoms with Crippen molar-refractivity contribution in [3.63, 3.8) is 0 Å². The molecule has 0 radical (unpaired) electrons. The fourth-order valence-electron chi connectivity index (χ4n) is 3.57. The zero-order valence-electron chi connectivity index (χ0n) is 17.2. The molecular formula is C21H14ClF5N6S. The van der Waals surface area contributed by atoms with Crippen LogP contribution in [0.3, 0.4) is 0 Å². The third kappa shape index (κ3) is 3.99. The van der Waals surface area contributed by atoms with Gasteiger partial charge < -0.3 is 4.90 Å². The van der Waals surface area contributed by atoms with Crippen LogP contribution in [0.2, 0.25) is 5.02 Å². The van der Waals surface area contributed by atoms with E-state index in [1.165, 1.54) is 6.33 Å². The van der Waals surface area contributed by atoms with E-state index in [0.29, 0.717) is 33.9 Å². The molecule has 0 spiro atoms. The van der Waals surface area contributed by atoms with Gasteiger partial charge in [-0.1, -0.05) is 43.2 Å². The average Bonchev–Trinajstić information content (AvgIpc) is 3.26. The number of anilines is 2. The zero-order valence-corrected chi connectivity index (χ0v) is 18.8. The van der Waals surface area contributed by atoms with Crippen molar-refractivity contribution in [2.75, 3.05) is 11.9 Å². The Kier molecular flexibility index (Phi) is 4.43. The van der Waals surface area contributed by atoms with E-state index in [1.54, 1.807) is 52.7 Å². The lowest BCUT2D eigenvalue weighted by atomic mass is 10.1. The molecule has 176 valence electrons. The Hall–Kier alpha value is -3.51. The average molecular weight is 513 g/mol.